The molecule has 10 nitrogen and oxygen atoms in total. The van der Waals surface area contributed by atoms with Gasteiger partial charge in [0.1, 0.15) is 31.1 Å². The zero-order valence-corrected chi connectivity index (χ0v) is 18.2. The van der Waals surface area contributed by atoms with Gasteiger partial charge in [-0.3, -0.25) is 0 Å². The molecule has 0 unspecified atom stereocenters. The number of nitrogens with one attached hydrogen (secondary N) is 1. The van der Waals surface area contributed by atoms with Gasteiger partial charge in [0, 0.05) is 31.4 Å². The highest BCUT2D eigenvalue weighted by atomic mass is 32.3. The summed E-state index contributed by atoms with van der Waals surface area (Å²) in [4.78, 5) is 8.57. The summed E-state index contributed by atoms with van der Waals surface area (Å²) in [5.74, 6) is 1.31. The lowest BCUT2D eigenvalue weighted by Gasteiger charge is -2.15. The van der Waals surface area contributed by atoms with Gasteiger partial charge in [-0.2, -0.15) is 8.42 Å². The molecule has 1 aromatic heterocycles. The monoisotopic (exact) mass is 467 g/mol. The fourth-order valence-corrected chi connectivity index (χ4v) is 3.05. The Morgan fingerprint density at radius 2 is 1.53 bits per heavy atom. The molecule has 32 heavy (non-hydrogen) atoms. The molecule has 1 N–H and O–H groups in total. The SMILES string of the molecule is COCCOc1cc2ncnc(Nc3ccc(OS(=O)(=O)F)cc3)c2cc1OCCOC. The van der Waals surface area contributed by atoms with E-state index in [0.717, 1.165) is 0 Å². The van der Waals surface area contributed by atoms with Crippen LogP contribution in [0.5, 0.6) is 17.2 Å². The van der Waals surface area contributed by atoms with Crippen molar-refractivity contribution in [3.63, 3.8) is 0 Å². The third-order valence-corrected chi connectivity index (χ3v) is 4.50. The van der Waals surface area contributed by atoms with Crippen molar-refractivity contribution < 1.29 is 35.4 Å². The maximum absolute atomic E-state index is 12.7. The van der Waals surface area contributed by atoms with Gasteiger partial charge in [-0.25, -0.2) is 9.97 Å². The molecule has 0 saturated carbocycles. The summed E-state index contributed by atoms with van der Waals surface area (Å²) in [7, 11) is -1.93. The third-order valence-electron chi connectivity index (χ3n) is 4.10. The summed E-state index contributed by atoms with van der Waals surface area (Å²) in [5.41, 5.74) is 1.17. The lowest BCUT2D eigenvalue weighted by molar-refractivity contribution is 0.132. The molecule has 0 aliphatic rings. The van der Waals surface area contributed by atoms with Crippen LogP contribution in [0.4, 0.5) is 15.4 Å². The van der Waals surface area contributed by atoms with E-state index < -0.39 is 10.5 Å². The molecule has 0 bridgehead atoms. The molecular weight excluding hydrogens is 445 g/mol. The van der Waals surface area contributed by atoms with Crippen LogP contribution in [0.2, 0.25) is 0 Å². The van der Waals surface area contributed by atoms with Gasteiger partial charge >= 0.3 is 10.5 Å². The maximum atomic E-state index is 12.7. The Morgan fingerprint density at radius 3 is 2.12 bits per heavy atom. The Balaban J connectivity index is 1.88. The molecule has 3 aromatic rings. The van der Waals surface area contributed by atoms with Gasteiger partial charge in [0.25, 0.3) is 0 Å². The minimum Gasteiger partial charge on any atom is -0.487 e. The van der Waals surface area contributed by atoms with Gasteiger partial charge in [-0.05, 0) is 30.3 Å². The van der Waals surface area contributed by atoms with E-state index in [1.54, 1.807) is 26.4 Å². The van der Waals surface area contributed by atoms with Crippen LogP contribution >= 0.6 is 0 Å². The van der Waals surface area contributed by atoms with E-state index in [4.69, 9.17) is 18.9 Å². The Bertz CT molecular complexity index is 1140. The van der Waals surface area contributed by atoms with Crippen LogP contribution in [0, 0.1) is 0 Å². The van der Waals surface area contributed by atoms with E-state index in [9.17, 15) is 12.3 Å². The van der Waals surface area contributed by atoms with Gasteiger partial charge in [0.2, 0.25) is 0 Å². The van der Waals surface area contributed by atoms with Crippen LogP contribution in [0.25, 0.3) is 10.9 Å². The molecule has 0 amide bonds. The fourth-order valence-electron chi connectivity index (χ4n) is 2.70. The van der Waals surface area contributed by atoms with E-state index in [0.29, 0.717) is 60.3 Å². The van der Waals surface area contributed by atoms with Gasteiger partial charge in [0.15, 0.2) is 11.5 Å². The number of benzene rings is 2. The average molecular weight is 467 g/mol. The number of nitrogens with zero attached hydrogens (tertiary/aromatic N) is 2. The molecule has 0 aliphatic heterocycles. The smallest absolute Gasteiger partial charge is 0.487 e. The zero-order chi connectivity index (χ0) is 23.0. The van der Waals surface area contributed by atoms with Crippen LogP contribution in [-0.2, 0) is 20.0 Å². The van der Waals surface area contributed by atoms with Crippen LogP contribution in [0.3, 0.4) is 0 Å². The molecule has 0 radical (unpaired) electrons. The molecule has 3 rings (SSSR count). The van der Waals surface area contributed by atoms with Gasteiger partial charge in [-0.15, -0.1) is 0 Å². The highest BCUT2D eigenvalue weighted by Crippen LogP contribution is 2.35. The first kappa shape index (κ1) is 23.4. The van der Waals surface area contributed by atoms with Crippen molar-refractivity contribution in [2.24, 2.45) is 0 Å². The van der Waals surface area contributed by atoms with Crippen LogP contribution in [-0.4, -0.2) is 59.0 Å². The average Bonchev–Trinajstić information content (AvgIpc) is 2.75. The number of methoxy groups -OCH3 is 2. The summed E-state index contributed by atoms with van der Waals surface area (Å²) < 4.78 is 59.7. The molecule has 12 heteroatoms. The number of fused-ring (bicyclic) bond motifs is 1. The summed E-state index contributed by atoms with van der Waals surface area (Å²) in [6, 6.07) is 9.15. The van der Waals surface area contributed by atoms with Crippen molar-refractivity contribution in [2.45, 2.75) is 0 Å². The molecular formula is C20H22FN3O7S. The second kappa shape index (κ2) is 10.9. The van der Waals surface area contributed by atoms with Crippen molar-refractivity contribution >= 4 is 32.9 Å². The van der Waals surface area contributed by atoms with Crippen molar-refractivity contribution in [1.82, 2.24) is 9.97 Å². The number of anilines is 2. The number of hydrogen-bond acceptors (Lipinski definition) is 10. The van der Waals surface area contributed by atoms with Crippen molar-refractivity contribution in [3.8, 4) is 17.2 Å². The first-order valence-electron chi connectivity index (χ1n) is 9.43. The first-order chi connectivity index (χ1) is 15.4. The molecule has 2 aromatic carbocycles. The molecule has 0 aliphatic carbocycles. The van der Waals surface area contributed by atoms with Crippen molar-refractivity contribution in [2.75, 3.05) is 46.0 Å². The van der Waals surface area contributed by atoms with Crippen LogP contribution < -0.4 is 19.0 Å². The second-order valence-corrected chi connectivity index (χ2v) is 7.30. The molecule has 0 saturated heterocycles. The summed E-state index contributed by atoms with van der Waals surface area (Å²) in [6.45, 7) is 1.46. The van der Waals surface area contributed by atoms with Crippen molar-refractivity contribution in [3.05, 3.63) is 42.7 Å². The van der Waals surface area contributed by atoms with Crippen LogP contribution in [0.15, 0.2) is 42.7 Å². The van der Waals surface area contributed by atoms with E-state index in [1.807, 2.05) is 0 Å². The minimum absolute atomic E-state index is 0.155. The molecule has 0 atom stereocenters. The summed E-state index contributed by atoms with van der Waals surface area (Å²) >= 11 is 0. The quantitative estimate of drug-likeness (QED) is 0.314. The fraction of sp³-hybridized carbons (Fsp3) is 0.300. The highest BCUT2D eigenvalue weighted by molar-refractivity contribution is 7.81. The van der Waals surface area contributed by atoms with Gasteiger partial charge < -0.3 is 28.4 Å². The Morgan fingerprint density at radius 1 is 0.906 bits per heavy atom. The highest BCUT2D eigenvalue weighted by Gasteiger charge is 2.14. The lowest BCUT2D eigenvalue weighted by Crippen LogP contribution is -2.09. The Labute approximate surface area is 184 Å². The number of halogens is 1. The van der Waals surface area contributed by atoms with E-state index in [2.05, 4.69) is 19.5 Å². The maximum Gasteiger partial charge on any atom is 0.488 e. The number of hydrogen-bond donors (Lipinski definition) is 1. The third kappa shape index (κ3) is 6.64. The van der Waals surface area contributed by atoms with E-state index in [1.165, 1.54) is 30.6 Å². The van der Waals surface area contributed by atoms with E-state index in [-0.39, 0.29) is 5.75 Å². The molecule has 0 fully saturated rings. The second-order valence-electron chi connectivity index (χ2n) is 6.35. The summed E-state index contributed by atoms with van der Waals surface area (Å²) in [6.07, 6.45) is 1.39. The van der Waals surface area contributed by atoms with Gasteiger partial charge in [-0.1, -0.05) is 3.89 Å². The number of ether oxygens (including phenoxy) is 4. The number of aromatic nitrogens is 2. The minimum atomic E-state index is -5.09. The lowest BCUT2D eigenvalue weighted by atomic mass is 10.2. The molecule has 0 spiro atoms. The topological polar surface area (TPSA) is 118 Å². The predicted molar refractivity (Wildman–Crippen MR) is 115 cm³/mol. The summed E-state index contributed by atoms with van der Waals surface area (Å²) in [5, 5.41) is 3.77. The predicted octanol–water partition coefficient (Wildman–Crippen LogP) is 3.02. The largest absolute Gasteiger partial charge is 0.488 e. The first-order valence-corrected chi connectivity index (χ1v) is 10.7. The molecule has 172 valence electrons. The standard InChI is InChI=1S/C20H22FN3O7S/c1-27-7-9-29-18-11-16-17(12-19(18)30-10-8-28-2)22-13-23-20(16)24-14-3-5-15(6-4-14)31-32(21,25)26/h3-6,11-13H,7-10H2,1-2H3,(H,22,23,24). The van der Waals surface area contributed by atoms with E-state index >= 15 is 0 Å². The normalized spacial score (nSPS) is 11.3. The van der Waals surface area contributed by atoms with Gasteiger partial charge in [0.05, 0.1) is 18.7 Å². The zero-order valence-electron chi connectivity index (χ0n) is 17.4. The Kier molecular flexibility index (Phi) is 7.98. The Hall–Kier alpha value is -3.22. The molecule has 1 heterocycles. The van der Waals surface area contributed by atoms with Crippen LogP contribution in [0.1, 0.15) is 0 Å². The van der Waals surface area contributed by atoms with Crippen molar-refractivity contribution in [1.29, 1.82) is 0 Å². The number of rotatable bonds is 12.